The average Bonchev–Trinajstić information content (AvgIpc) is 3.16. The van der Waals surface area contributed by atoms with Crippen LogP contribution in [-0.2, 0) is 11.3 Å². The van der Waals surface area contributed by atoms with Gasteiger partial charge in [0.15, 0.2) is 0 Å². The molecule has 0 radical (unpaired) electrons. The van der Waals surface area contributed by atoms with Gasteiger partial charge in [0.1, 0.15) is 4.83 Å². The number of fused-ring (bicyclic) bond motifs is 1. The molecule has 7 heteroatoms. The van der Waals surface area contributed by atoms with Crippen molar-refractivity contribution in [3.8, 4) is 0 Å². The van der Waals surface area contributed by atoms with E-state index in [1.807, 2.05) is 13.8 Å². The Labute approximate surface area is 138 Å². The van der Waals surface area contributed by atoms with Gasteiger partial charge in [-0.05, 0) is 31.7 Å². The summed E-state index contributed by atoms with van der Waals surface area (Å²) < 4.78 is 7.12. The van der Waals surface area contributed by atoms with Crippen molar-refractivity contribution in [1.29, 1.82) is 0 Å². The molecule has 6 nitrogen and oxygen atoms in total. The Morgan fingerprint density at radius 3 is 3.09 bits per heavy atom. The van der Waals surface area contributed by atoms with Crippen LogP contribution in [0.4, 0.5) is 0 Å². The van der Waals surface area contributed by atoms with Crippen LogP contribution in [-0.4, -0.2) is 34.7 Å². The normalized spacial score (nSPS) is 17.7. The van der Waals surface area contributed by atoms with E-state index in [4.69, 9.17) is 4.74 Å². The van der Waals surface area contributed by atoms with Gasteiger partial charge in [-0.2, -0.15) is 0 Å². The molecule has 23 heavy (non-hydrogen) atoms. The van der Waals surface area contributed by atoms with Crippen LogP contribution in [0, 0.1) is 6.92 Å². The zero-order valence-corrected chi connectivity index (χ0v) is 14.2. The number of aromatic nitrogens is 2. The third kappa shape index (κ3) is 3.16. The maximum Gasteiger partial charge on any atom is 0.262 e. The summed E-state index contributed by atoms with van der Waals surface area (Å²) in [7, 11) is 0. The van der Waals surface area contributed by atoms with Gasteiger partial charge >= 0.3 is 0 Å². The number of hydrogen-bond donors (Lipinski definition) is 1. The highest BCUT2D eigenvalue weighted by Gasteiger charge is 2.21. The maximum atomic E-state index is 12.5. The molecule has 2 aromatic rings. The second kappa shape index (κ2) is 6.80. The molecule has 0 aliphatic carbocycles. The van der Waals surface area contributed by atoms with Gasteiger partial charge in [0.2, 0.25) is 0 Å². The molecule has 1 aliphatic rings. The summed E-state index contributed by atoms with van der Waals surface area (Å²) in [6.45, 7) is 5.75. The summed E-state index contributed by atoms with van der Waals surface area (Å²) in [5.41, 5.74) is 0.654. The van der Waals surface area contributed by atoms with Crippen LogP contribution in [0.1, 0.15) is 41.4 Å². The van der Waals surface area contributed by atoms with Crippen LogP contribution < -0.4 is 10.9 Å². The van der Waals surface area contributed by atoms with Crippen molar-refractivity contribution in [2.24, 2.45) is 0 Å². The van der Waals surface area contributed by atoms with Gasteiger partial charge in [-0.15, -0.1) is 11.3 Å². The fourth-order valence-corrected chi connectivity index (χ4v) is 3.92. The number of nitrogens with one attached hydrogen (secondary N) is 1. The minimum absolute atomic E-state index is 0.0659. The van der Waals surface area contributed by atoms with Crippen molar-refractivity contribution >= 4 is 27.5 Å². The highest BCUT2D eigenvalue weighted by atomic mass is 32.1. The molecule has 0 saturated carbocycles. The van der Waals surface area contributed by atoms with Gasteiger partial charge in [-0.1, -0.05) is 6.92 Å². The summed E-state index contributed by atoms with van der Waals surface area (Å²) in [5.74, 6) is -0.151. The number of thiophene rings is 1. The Kier molecular flexibility index (Phi) is 4.77. The first-order valence-electron chi connectivity index (χ1n) is 8.00. The second-order valence-electron chi connectivity index (χ2n) is 5.82. The van der Waals surface area contributed by atoms with Crippen LogP contribution in [0.15, 0.2) is 11.1 Å². The van der Waals surface area contributed by atoms with Crippen LogP contribution >= 0.6 is 11.3 Å². The number of nitrogens with zero attached hydrogens (tertiary/aromatic N) is 2. The largest absolute Gasteiger partial charge is 0.376 e. The smallest absolute Gasteiger partial charge is 0.262 e. The summed E-state index contributed by atoms with van der Waals surface area (Å²) in [5, 5.41) is 3.47. The molecule has 124 valence electrons. The van der Waals surface area contributed by atoms with Gasteiger partial charge in [-0.25, -0.2) is 4.98 Å². The SMILES string of the molecule is CCCn1cnc2sc(C(=O)NCC3CCCO3)c(C)c2c1=O. The lowest BCUT2D eigenvalue weighted by Gasteiger charge is -2.10. The van der Waals surface area contributed by atoms with Gasteiger partial charge in [-0.3, -0.25) is 14.2 Å². The molecule has 1 saturated heterocycles. The van der Waals surface area contributed by atoms with E-state index < -0.39 is 0 Å². The van der Waals surface area contributed by atoms with E-state index in [9.17, 15) is 9.59 Å². The molecule has 0 spiro atoms. The molecule has 1 amide bonds. The maximum absolute atomic E-state index is 12.5. The molecule has 1 N–H and O–H groups in total. The Balaban J connectivity index is 1.86. The Morgan fingerprint density at radius 1 is 1.57 bits per heavy atom. The fourth-order valence-electron chi connectivity index (χ4n) is 2.87. The first-order valence-corrected chi connectivity index (χ1v) is 8.81. The van der Waals surface area contributed by atoms with Crippen LogP contribution in [0.2, 0.25) is 0 Å². The van der Waals surface area contributed by atoms with Crippen molar-refractivity contribution in [2.45, 2.75) is 45.8 Å². The molecule has 1 fully saturated rings. The highest BCUT2D eigenvalue weighted by Crippen LogP contribution is 2.26. The zero-order chi connectivity index (χ0) is 16.4. The third-order valence-corrected chi connectivity index (χ3v) is 5.30. The summed E-state index contributed by atoms with van der Waals surface area (Å²) in [4.78, 5) is 30.5. The third-order valence-electron chi connectivity index (χ3n) is 4.10. The second-order valence-corrected chi connectivity index (χ2v) is 6.82. The van der Waals surface area contributed by atoms with Gasteiger partial charge in [0.05, 0.1) is 22.7 Å². The van der Waals surface area contributed by atoms with Crippen molar-refractivity contribution in [3.05, 3.63) is 27.1 Å². The van der Waals surface area contributed by atoms with E-state index in [0.29, 0.717) is 28.2 Å². The van der Waals surface area contributed by atoms with E-state index in [2.05, 4.69) is 10.3 Å². The number of amides is 1. The van der Waals surface area contributed by atoms with Crippen molar-refractivity contribution < 1.29 is 9.53 Å². The highest BCUT2D eigenvalue weighted by molar-refractivity contribution is 7.20. The summed E-state index contributed by atoms with van der Waals surface area (Å²) in [6.07, 6.45) is 4.56. The number of ether oxygens (including phenoxy) is 1. The molecule has 1 unspecified atom stereocenters. The number of hydrogen-bond acceptors (Lipinski definition) is 5. The predicted molar refractivity (Wildman–Crippen MR) is 90.2 cm³/mol. The van der Waals surface area contributed by atoms with E-state index in [0.717, 1.165) is 31.4 Å². The molecular formula is C16H21N3O3S. The Hall–Kier alpha value is -1.73. The molecule has 1 atom stereocenters. The van der Waals surface area contributed by atoms with Crippen LogP contribution in [0.5, 0.6) is 0 Å². The predicted octanol–water partition coefficient (Wildman–Crippen LogP) is 2.09. The summed E-state index contributed by atoms with van der Waals surface area (Å²) in [6, 6.07) is 0. The van der Waals surface area contributed by atoms with E-state index in [1.165, 1.54) is 11.3 Å². The molecule has 1 aliphatic heterocycles. The minimum atomic E-state index is -0.151. The quantitative estimate of drug-likeness (QED) is 0.908. The average molecular weight is 335 g/mol. The number of carbonyl (C=O) groups excluding carboxylic acids is 1. The first kappa shape index (κ1) is 16.1. The number of carbonyl (C=O) groups is 1. The first-order chi connectivity index (χ1) is 11.1. The molecule has 2 aromatic heterocycles. The van der Waals surface area contributed by atoms with Crippen LogP contribution in [0.3, 0.4) is 0 Å². The minimum Gasteiger partial charge on any atom is -0.376 e. The molecule has 0 aromatic carbocycles. The van der Waals surface area contributed by atoms with E-state index in [1.54, 1.807) is 10.9 Å². The summed E-state index contributed by atoms with van der Waals surface area (Å²) >= 11 is 1.28. The molecule has 3 heterocycles. The lowest BCUT2D eigenvalue weighted by Crippen LogP contribution is -2.31. The van der Waals surface area contributed by atoms with Crippen LogP contribution in [0.25, 0.3) is 10.2 Å². The monoisotopic (exact) mass is 335 g/mol. The fraction of sp³-hybridized carbons (Fsp3) is 0.562. The van der Waals surface area contributed by atoms with Crippen molar-refractivity contribution in [2.75, 3.05) is 13.2 Å². The van der Waals surface area contributed by atoms with Gasteiger partial charge in [0, 0.05) is 19.7 Å². The van der Waals surface area contributed by atoms with Crippen molar-refractivity contribution in [3.63, 3.8) is 0 Å². The zero-order valence-electron chi connectivity index (χ0n) is 13.4. The standard InChI is InChI=1S/C16H21N3O3S/c1-3-6-19-9-18-15-12(16(19)21)10(2)13(23-15)14(20)17-8-11-5-4-7-22-11/h9,11H,3-8H2,1-2H3,(H,17,20). The topological polar surface area (TPSA) is 73.2 Å². The van der Waals surface area contributed by atoms with Gasteiger partial charge in [0.25, 0.3) is 11.5 Å². The molecular weight excluding hydrogens is 314 g/mol. The van der Waals surface area contributed by atoms with E-state index in [-0.39, 0.29) is 17.6 Å². The lowest BCUT2D eigenvalue weighted by atomic mass is 10.2. The Bertz CT molecular complexity index is 775. The number of rotatable bonds is 5. The Morgan fingerprint density at radius 2 is 2.39 bits per heavy atom. The number of aryl methyl sites for hydroxylation is 2. The lowest BCUT2D eigenvalue weighted by molar-refractivity contribution is 0.0860. The molecule has 0 bridgehead atoms. The van der Waals surface area contributed by atoms with Gasteiger partial charge < -0.3 is 10.1 Å². The van der Waals surface area contributed by atoms with E-state index >= 15 is 0 Å². The van der Waals surface area contributed by atoms with Crippen molar-refractivity contribution in [1.82, 2.24) is 14.9 Å². The molecule has 3 rings (SSSR count).